The molecule has 0 aliphatic carbocycles. The summed E-state index contributed by atoms with van der Waals surface area (Å²) in [5.41, 5.74) is 6.79. The molecule has 156 valence electrons. The summed E-state index contributed by atoms with van der Waals surface area (Å²) >= 11 is 6.19. The molecule has 6 nitrogen and oxygen atoms in total. The zero-order valence-corrected chi connectivity index (χ0v) is 17.4. The zero-order valence-electron chi connectivity index (χ0n) is 16.7. The van der Waals surface area contributed by atoms with Gasteiger partial charge >= 0.3 is 0 Å². The lowest BCUT2D eigenvalue weighted by atomic mass is 9.90. The minimum atomic E-state index is 0.0443. The lowest BCUT2D eigenvalue weighted by Crippen LogP contribution is -2.35. The second-order valence-electron chi connectivity index (χ2n) is 7.47. The van der Waals surface area contributed by atoms with E-state index in [9.17, 15) is 4.79 Å². The van der Waals surface area contributed by atoms with Crippen LogP contribution >= 0.6 is 11.6 Å². The molecule has 1 aromatic rings. The molecule has 0 radical (unpaired) electrons. The molecular formula is C21H31ClN2O4. The van der Waals surface area contributed by atoms with Crippen LogP contribution in [0.5, 0.6) is 11.5 Å². The Hall–Kier alpha value is -1.50. The van der Waals surface area contributed by atoms with Crippen molar-refractivity contribution in [2.45, 2.75) is 39.0 Å². The van der Waals surface area contributed by atoms with Crippen molar-refractivity contribution < 1.29 is 19.0 Å². The molecule has 0 saturated carbocycles. The van der Waals surface area contributed by atoms with Crippen molar-refractivity contribution in [3.05, 3.63) is 16.7 Å². The van der Waals surface area contributed by atoms with E-state index >= 15 is 0 Å². The van der Waals surface area contributed by atoms with Crippen LogP contribution in [-0.4, -0.2) is 56.7 Å². The van der Waals surface area contributed by atoms with Gasteiger partial charge in [0.15, 0.2) is 17.3 Å². The lowest BCUT2D eigenvalue weighted by molar-refractivity contribution is 0.0945. The summed E-state index contributed by atoms with van der Waals surface area (Å²) in [5.74, 6) is 1.48. The highest BCUT2D eigenvalue weighted by Gasteiger charge is 2.26. The predicted octanol–water partition coefficient (Wildman–Crippen LogP) is 3.79. The second kappa shape index (κ2) is 10.3. The fourth-order valence-electron chi connectivity index (χ4n) is 3.91. The summed E-state index contributed by atoms with van der Waals surface area (Å²) in [5, 5.41) is 0.341. The molecular weight excluding hydrogens is 380 g/mol. The maximum Gasteiger partial charge on any atom is 0.186 e. The number of ether oxygens (including phenoxy) is 3. The van der Waals surface area contributed by atoms with Gasteiger partial charge in [0.05, 0.1) is 16.3 Å². The first-order valence-electron chi connectivity index (χ1n) is 10.3. The van der Waals surface area contributed by atoms with Crippen LogP contribution in [0.4, 0.5) is 5.69 Å². The molecule has 3 rings (SSSR count). The van der Waals surface area contributed by atoms with Gasteiger partial charge in [0.1, 0.15) is 13.2 Å². The molecule has 2 N–H and O–H groups in total. The summed E-state index contributed by atoms with van der Waals surface area (Å²) in [4.78, 5) is 15.3. The number of benzene rings is 1. The predicted molar refractivity (Wildman–Crippen MR) is 111 cm³/mol. The molecule has 1 fully saturated rings. The summed E-state index contributed by atoms with van der Waals surface area (Å²) in [6.45, 7) is 7.78. The third kappa shape index (κ3) is 5.31. The number of nitrogens with zero attached hydrogens (tertiary/aromatic N) is 1. The largest absolute Gasteiger partial charge is 0.485 e. The Morgan fingerprint density at radius 2 is 2.00 bits per heavy atom. The average molecular weight is 411 g/mol. The molecule has 0 spiro atoms. The number of nitrogens with two attached hydrogens (primary N) is 1. The smallest absolute Gasteiger partial charge is 0.186 e. The van der Waals surface area contributed by atoms with E-state index in [-0.39, 0.29) is 5.78 Å². The number of fused-ring (bicyclic) bond motifs is 1. The maximum atomic E-state index is 12.8. The minimum Gasteiger partial charge on any atom is -0.485 e. The van der Waals surface area contributed by atoms with E-state index in [1.807, 2.05) is 6.92 Å². The molecule has 0 aromatic heterocycles. The van der Waals surface area contributed by atoms with Gasteiger partial charge in [0, 0.05) is 26.2 Å². The molecule has 28 heavy (non-hydrogen) atoms. The van der Waals surface area contributed by atoms with Gasteiger partial charge in [-0.25, -0.2) is 0 Å². The second-order valence-corrected chi connectivity index (χ2v) is 7.88. The molecule has 0 bridgehead atoms. The van der Waals surface area contributed by atoms with Crippen LogP contribution in [0.15, 0.2) is 6.07 Å². The summed E-state index contributed by atoms with van der Waals surface area (Å²) in [6.07, 6.45) is 4.75. The first kappa shape index (κ1) is 21.2. The number of ketones is 1. The number of piperidine rings is 1. The van der Waals surface area contributed by atoms with E-state index in [1.54, 1.807) is 6.07 Å². The maximum absolute atomic E-state index is 12.8. The van der Waals surface area contributed by atoms with Gasteiger partial charge in [-0.3, -0.25) is 4.79 Å². The molecule has 2 heterocycles. The first-order chi connectivity index (χ1) is 13.6. The SMILES string of the molecule is CCOCCCN1CCC(CCC(=O)c2cc(Cl)c(N)c3c2OCCO3)CC1. The quantitative estimate of drug-likeness (QED) is 0.379. The Balaban J connectivity index is 1.49. The highest BCUT2D eigenvalue weighted by atomic mass is 35.5. The zero-order chi connectivity index (χ0) is 19.9. The fraction of sp³-hybridized carbons (Fsp3) is 0.667. The molecule has 0 amide bonds. The minimum absolute atomic E-state index is 0.0443. The van der Waals surface area contributed by atoms with E-state index in [0.29, 0.717) is 53.3 Å². The molecule has 1 aromatic carbocycles. The van der Waals surface area contributed by atoms with Gasteiger partial charge in [-0.1, -0.05) is 11.6 Å². The van der Waals surface area contributed by atoms with E-state index in [1.165, 1.54) is 0 Å². The Kier molecular flexibility index (Phi) is 7.82. The van der Waals surface area contributed by atoms with Gasteiger partial charge in [-0.05, 0) is 57.7 Å². The fourth-order valence-corrected chi connectivity index (χ4v) is 4.10. The van der Waals surface area contributed by atoms with Crippen molar-refractivity contribution >= 4 is 23.1 Å². The number of anilines is 1. The Morgan fingerprint density at radius 1 is 1.29 bits per heavy atom. The first-order valence-corrected chi connectivity index (χ1v) is 10.7. The van der Waals surface area contributed by atoms with Crippen LogP contribution in [0.1, 0.15) is 49.4 Å². The Labute approximate surface area is 172 Å². The van der Waals surface area contributed by atoms with Gasteiger partial charge < -0.3 is 24.8 Å². The summed E-state index contributed by atoms with van der Waals surface area (Å²) < 4.78 is 16.7. The van der Waals surface area contributed by atoms with Crippen LogP contribution in [0, 0.1) is 5.92 Å². The third-order valence-electron chi connectivity index (χ3n) is 5.55. The number of likely N-dealkylation sites (tertiary alicyclic amines) is 1. The topological polar surface area (TPSA) is 74.0 Å². The van der Waals surface area contributed by atoms with Gasteiger partial charge in [0.25, 0.3) is 0 Å². The number of rotatable bonds is 9. The van der Waals surface area contributed by atoms with Gasteiger partial charge in [-0.2, -0.15) is 0 Å². The van der Waals surface area contributed by atoms with E-state index in [4.69, 9.17) is 31.5 Å². The van der Waals surface area contributed by atoms with E-state index in [0.717, 1.165) is 58.5 Å². The number of nitrogen functional groups attached to an aromatic ring is 1. The van der Waals surface area contributed by atoms with Crippen molar-refractivity contribution in [3.8, 4) is 11.5 Å². The molecule has 7 heteroatoms. The summed E-state index contributed by atoms with van der Waals surface area (Å²) in [7, 11) is 0. The lowest BCUT2D eigenvalue weighted by Gasteiger charge is -2.32. The molecule has 2 aliphatic rings. The standard InChI is InChI=1S/C21H31ClN2O4/c1-2-26-11-3-8-24-9-6-15(7-10-24)4-5-18(25)16-14-17(22)19(23)21-20(16)27-12-13-28-21/h14-15H,2-13,23H2,1H3. The van der Waals surface area contributed by atoms with Crippen molar-refractivity contribution in [2.24, 2.45) is 5.92 Å². The van der Waals surface area contributed by atoms with Crippen LogP contribution in [-0.2, 0) is 4.74 Å². The van der Waals surface area contributed by atoms with Crippen molar-refractivity contribution in [2.75, 3.05) is 51.8 Å². The molecule has 0 unspecified atom stereocenters. The number of halogens is 1. The molecule has 2 aliphatic heterocycles. The molecule has 1 saturated heterocycles. The Morgan fingerprint density at radius 3 is 2.71 bits per heavy atom. The van der Waals surface area contributed by atoms with E-state index < -0.39 is 0 Å². The third-order valence-corrected chi connectivity index (χ3v) is 5.87. The van der Waals surface area contributed by atoms with Gasteiger partial charge in [-0.15, -0.1) is 0 Å². The average Bonchev–Trinajstić information content (AvgIpc) is 2.73. The van der Waals surface area contributed by atoms with Crippen molar-refractivity contribution in [1.29, 1.82) is 0 Å². The van der Waals surface area contributed by atoms with Crippen LogP contribution in [0.2, 0.25) is 5.02 Å². The number of carbonyl (C=O) groups is 1. The number of Topliss-reactive ketones (excluding diaryl/α,β-unsaturated/α-hetero) is 1. The van der Waals surface area contributed by atoms with Gasteiger partial charge in [0.2, 0.25) is 0 Å². The van der Waals surface area contributed by atoms with E-state index in [2.05, 4.69) is 4.90 Å². The van der Waals surface area contributed by atoms with Crippen molar-refractivity contribution in [3.63, 3.8) is 0 Å². The van der Waals surface area contributed by atoms with Crippen LogP contribution in [0.3, 0.4) is 0 Å². The molecule has 0 atom stereocenters. The normalized spacial score (nSPS) is 17.6. The highest BCUT2D eigenvalue weighted by Crippen LogP contribution is 2.43. The monoisotopic (exact) mass is 410 g/mol. The number of carbonyl (C=O) groups excluding carboxylic acids is 1. The highest BCUT2D eigenvalue weighted by molar-refractivity contribution is 6.34. The van der Waals surface area contributed by atoms with Crippen LogP contribution in [0.25, 0.3) is 0 Å². The van der Waals surface area contributed by atoms with Crippen LogP contribution < -0.4 is 15.2 Å². The summed E-state index contributed by atoms with van der Waals surface area (Å²) in [6, 6.07) is 1.62. The Bertz CT molecular complexity index is 675. The number of hydrogen-bond acceptors (Lipinski definition) is 6. The van der Waals surface area contributed by atoms with Crippen molar-refractivity contribution in [1.82, 2.24) is 4.90 Å². The number of hydrogen-bond donors (Lipinski definition) is 1.